The minimum atomic E-state index is 0.0103. The third kappa shape index (κ3) is 5.46. The van der Waals surface area contributed by atoms with Crippen molar-refractivity contribution in [2.24, 2.45) is 7.05 Å². The zero-order valence-electron chi connectivity index (χ0n) is 26.1. The average Bonchev–Trinajstić information content (AvgIpc) is 3.32. The molecule has 0 saturated heterocycles. The molecule has 0 amide bonds. The van der Waals surface area contributed by atoms with Crippen molar-refractivity contribution in [2.45, 2.75) is 52.4 Å². The molecule has 4 aromatic carbocycles. The fourth-order valence-corrected chi connectivity index (χ4v) is 5.64. The normalized spacial score (nSPS) is 12.2. The number of aryl methyl sites for hydroxylation is 1. The highest BCUT2D eigenvalue weighted by molar-refractivity contribution is 5.96. The zero-order chi connectivity index (χ0) is 30.5. The third-order valence-electron chi connectivity index (χ3n) is 8.26. The van der Waals surface area contributed by atoms with Crippen molar-refractivity contribution in [1.29, 1.82) is 0 Å². The summed E-state index contributed by atoms with van der Waals surface area (Å²) in [4.78, 5) is 9.82. The van der Waals surface area contributed by atoms with E-state index >= 15 is 0 Å². The SMILES string of the molecule is Cn1c(-c2ccccc2O)nc2c(-c3cc(-c4cc(C(C)(C)C)cc(C(C)(C)C)c4)cc(-c4ccccn4)c3)cccc21. The van der Waals surface area contributed by atoms with Gasteiger partial charge >= 0.3 is 0 Å². The maximum Gasteiger partial charge on any atom is 0.144 e. The van der Waals surface area contributed by atoms with Crippen LogP contribution in [0.25, 0.3) is 55.9 Å². The van der Waals surface area contributed by atoms with Gasteiger partial charge in [0.25, 0.3) is 0 Å². The van der Waals surface area contributed by atoms with Crippen LogP contribution in [0.3, 0.4) is 0 Å². The fraction of sp³-hybridized carbons (Fsp3) is 0.231. The number of imidazole rings is 1. The van der Waals surface area contributed by atoms with E-state index in [-0.39, 0.29) is 16.6 Å². The number of rotatable bonds is 4. The maximum absolute atomic E-state index is 10.6. The van der Waals surface area contributed by atoms with Gasteiger partial charge in [-0.3, -0.25) is 4.98 Å². The first-order chi connectivity index (χ1) is 20.4. The molecule has 0 radical (unpaired) electrons. The Kier molecular flexibility index (Phi) is 6.96. The predicted molar refractivity (Wildman–Crippen MR) is 179 cm³/mol. The Morgan fingerprint density at radius 1 is 0.605 bits per heavy atom. The average molecular weight is 566 g/mol. The molecule has 0 spiro atoms. The monoisotopic (exact) mass is 565 g/mol. The number of aromatic hydroxyl groups is 1. The molecule has 6 rings (SSSR count). The molecule has 0 aliphatic heterocycles. The van der Waals surface area contributed by atoms with Gasteiger partial charge in [0.1, 0.15) is 11.6 Å². The Hall–Kier alpha value is -4.70. The number of phenols is 1. The summed E-state index contributed by atoms with van der Waals surface area (Å²) >= 11 is 0. The van der Waals surface area contributed by atoms with Crippen LogP contribution in [0, 0.1) is 0 Å². The smallest absolute Gasteiger partial charge is 0.144 e. The van der Waals surface area contributed by atoms with E-state index in [1.165, 1.54) is 16.7 Å². The van der Waals surface area contributed by atoms with E-state index in [2.05, 4.69) is 107 Å². The molecule has 6 aromatic rings. The molecule has 4 nitrogen and oxygen atoms in total. The van der Waals surface area contributed by atoms with Crippen LogP contribution in [-0.2, 0) is 17.9 Å². The van der Waals surface area contributed by atoms with Gasteiger partial charge in [0.2, 0.25) is 0 Å². The summed E-state index contributed by atoms with van der Waals surface area (Å²) in [6, 6.07) is 33.5. The minimum absolute atomic E-state index is 0.0103. The van der Waals surface area contributed by atoms with Crippen molar-refractivity contribution >= 4 is 11.0 Å². The lowest BCUT2D eigenvalue weighted by atomic mass is 9.78. The Labute approximate surface area is 254 Å². The number of nitrogens with zero attached hydrogens (tertiary/aromatic N) is 3. The second-order valence-corrected chi connectivity index (χ2v) is 13.5. The summed E-state index contributed by atoms with van der Waals surface area (Å²) in [5.74, 6) is 0.949. The highest BCUT2D eigenvalue weighted by atomic mass is 16.3. The molecule has 0 aliphatic carbocycles. The summed E-state index contributed by atoms with van der Waals surface area (Å²) in [7, 11) is 2.00. The molecule has 43 heavy (non-hydrogen) atoms. The molecule has 0 atom stereocenters. The van der Waals surface area contributed by atoms with Crippen molar-refractivity contribution in [3.8, 4) is 50.6 Å². The topological polar surface area (TPSA) is 50.9 Å². The van der Waals surface area contributed by atoms with Crippen molar-refractivity contribution in [3.05, 3.63) is 114 Å². The lowest BCUT2D eigenvalue weighted by Crippen LogP contribution is -2.16. The van der Waals surface area contributed by atoms with Crippen LogP contribution in [0.15, 0.2) is 103 Å². The van der Waals surface area contributed by atoms with Crippen LogP contribution < -0.4 is 0 Å². The highest BCUT2D eigenvalue weighted by Gasteiger charge is 2.22. The lowest BCUT2D eigenvalue weighted by Gasteiger charge is -2.26. The van der Waals surface area contributed by atoms with E-state index in [0.717, 1.165) is 44.8 Å². The number of para-hydroxylation sites is 2. The fourth-order valence-electron chi connectivity index (χ4n) is 5.64. The van der Waals surface area contributed by atoms with Gasteiger partial charge in [0.05, 0.1) is 22.3 Å². The van der Waals surface area contributed by atoms with Crippen LogP contribution >= 0.6 is 0 Å². The van der Waals surface area contributed by atoms with E-state index in [4.69, 9.17) is 9.97 Å². The second kappa shape index (κ2) is 10.5. The second-order valence-electron chi connectivity index (χ2n) is 13.5. The van der Waals surface area contributed by atoms with Crippen molar-refractivity contribution in [1.82, 2.24) is 14.5 Å². The van der Waals surface area contributed by atoms with Gasteiger partial charge in [0.15, 0.2) is 0 Å². The van der Waals surface area contributed by atoms with Gasteiger partial charge in [-0.2, -0.15) is 0 Å². The van der Waals surface area contributed by atoms with Crippen molar-refractivity contribution < 1.29 is 5.11 Å². The van der Waals surface area contributed by atoms with Gasteiger partial charge in [0, 0.05) is 24.4 Å². The van der Waals surface area contributed by atoms with Gasteiger partial charge in [-0.05, 0) is 87.2 Å². The van der Waals surface area contributed by atoms with E-state index in [9.17, 15) is 5.11 Å². The van der Waals surface area contributed by atoms with E-state index in [0.29, 0.717) is 5.56 Å². The van der Waals surface area contributed by atoms with Gasteiger partial charge < -0.3 is 9.67 Å². The van der Waals surface area contributed by atoms with E-state index in [1.807, 2.05) is 43.6 Å². The zero-order valence-corrected chi connectivity index (χ0v) is 26.1. The molecule has 0 aliphatic rings. The molecule has 0 saturated carbocycles. The summed E-state index contributed by atoms with van der Waals surface area (Å²) in [5, 5.41) is 10.6. The van der Waals surface area contributed by atoms with Crippen molar-refractivity contribution in [3.63, 3.8) is 0 Å². The van der Waals surface area contributed by atoms with E-state index < -0.39 is 0 Å². The Bertz CT molecular complexity index is 1920. The predicted octanol–water partition coefficient (Wildman–Crippen LogP) is 9.94. The minimum Gasteiger partial charge on any atom is -0.507 e. The van der Waals surface area contributed by atoms with Gasteiger partial charge in [-0.25, -0.2) is 4.98 Å². The first-order valence-corrected chi connectivity index (χ1v) is 14.9. The number of hydrogen-bond donors (Lipinski definition) is 1. The molecule has 2 aromatic heterocycles. The number of fused-ring (bicyclic) bond motifs is 1. The molecule has 0 unspecified atom stereocenters. The quantitative estimate of drug-likeness (QED) is 0.231. The number of benzene rings is 4. The van der Waals surface area contributed by atoms with Crippen LogP contribution in [-0.4, -0.2) is 19.6 Å². The van der Waals surface area contributed by atoms with Gasteiger partial charge in [-0.15, -0.1) is 0 Å². The first-order valence-electron chi connectivity index (χ1n) is 14.9. The third-order valence-corrected chi connectivity index (χ3v) is 8.26. The van der Waals surface area contributed by atoms with E-state index in [1.54, 1.807) is 6.07 Å². The molecule has 4 heteroatoms. The largest absolute Gasteiger partial charge is 0.507 e. The number of hydrogen-bond acceptors (Lipinski definition) is 3. The maximum atomic E-state index is 10.6. The number of phenolic OH excluding ortho intramolecular Hbond substituents is 1. The Balaban J connectivity index is 1.62. The van der Waals surface area contributed by atoms with Crippen LogP contribution in [0.5, 0.6) is 5.75 Å². The Morgan fingerprint density at radius 2 is 1.21 bits per heavy atom. The van der Waals surface area contributed by atoms with Crippen LogP contribution in [0.2, 0.25) is 0 Å². The van der Waals surface area contributed by atoms with Crippen molar-refractivity contribution in [2.75, 3.05) is 0 Å². The summed E-state index contributed by atoms with van der Waals surface area (Å²) in [6.45, 7) is 13.7. The number of pyridine rings is 1. The molecule has 2 heterocycles. The number of aromatic nitrogens is 3. The molecule has 0 bridgehead atoms. The Morgan fingerprint density at radius 3 is 1.86 bits per heavy atom. The molecule has 216 valence electrons. The van der Waals surface area contributed by atoms with Crippen LogP contribution in [0.4, 0.5) is 0 Å². The summed E-state index contributed by atoms with van der Waals surface area (Å²) < 4.78 is 2.06. The molecule has 1 N–H and O–H groups in total. The first kappa shape index (κ1) is 28.4. The summed E-state index contributed by atoms with van der Waals surface area (Å²) in [6.07, 6.45) is 1.84. The van der Waals surface area contributed by atoms with Crippen LogP contribution in [0.1, 0.15) is 52.7 Å². The highest BCUT2D eigenvalue weighted by Crippen LogP contribution is 2.40. The van der Waals surface area contributed by atoms with Gasteiger partial charge in [-0.1, -0.05) is 90.1 Å². The molecular formula is C39H39N3O. The lowest BCUT2D eigenvalue weighted by molar-refractivity contribution is 0.476. The molecule has 0 fully saturated rings. The summed E-state index contributed by atoms with van der Waals surface area (Å²) in [5.41, 5.74) is 11.7. The molecular weight excluding hydrogens is 526 g/mol. The standard InChI is InChI=1S/C39H39N3O/c1-38(2,3)29-22-26(23-30(24-29)39(4,5)6)25-19-27(21-28(20-25)33-15-10-11-18-40-33)31-14-12-16-34-36(31)41-37(42(34)7)32-13-8-9-17-35(32)43/h8-24,43H,1-7H3.